The van der Waals surface area contributed by atoms with Crippen molar-refractivity contribution in [2.75, 3.05) is 19.8 Å². The number of aliphatic carboxylic acids is 3. The standard InChI is InChI=1S/3C3H7NO3.Fe/c3*4-2(1-5)3(6)7;/h3*2,5H,1,4H2,(H,6,7);/t3*2-;/m000./s1. The number of hydrogen-bond donors (Lipinski definition) is 9. The summed E-state index contributed by atoms with van der Waals surface area (Å²) >= 11 is 0. The van der Waals surface area contributed by atoms with Crippen LogP contribution in [0.2, 0.25) is 0 Å². The Morgan fingerprint density at radius 3 is 0.773 bits per heavy atom. The fourth-order valence-electron chi connectivity index (χ4n) is 0.234. The van der Waals surface area contributed by atoms with Crippen molar-refractivity contribution >= 4 is 17.9 Å². The fourth-order valence-corrected chi connectivity index (χ4v) is 0.234. The third-order valence-corrected chi connectivity index (χ3v) is 1.54. The zero-order valence-corrected chi connectivity index (χ0v) is 12.5. The van der Waals surface area contributed by atoms with Crippen LogP contribution in [0.4, 0.5) is 0 Å². The van der Waals surface area contributed by atoms with Crippen molar-refractivity contribution in [3.63, 3.8) is 0 Å². The van der Waals surface area contributed by atoms with Gasteiger partial charge in [-0.3, -0.25) is 14.4 Å². The second-order valence-corrected chi connectivity index (χ2v) is 3.38. The van der Waals surface area contributed by atoms with Gasteiger partial charge >= 0.3 is 17.9 Å². The second-order valence-electron chi connectivity index (χ2n) is 3.38. The van der Waals surface area contributed by atoms with Gasteiger partial charge in [0.2, 0.25) is 0 Å². The molecule has 12 nitrogen and oxygen atoms in total. The van der Waals surface area contributed by atoms with Gasteiger partial charge in [-0.25, -0.2) is 0 Å². The van der Waals surface area contributed by atoms with Crippen LogP contribution >= 0.6 is 0 Å². The van der Waals surface area contributed by atoms with Gasteiger partial charge in [-0.2, -0.15) is 0 Å². The first-order valence-electron chi connectivity index (χ1n) is 5.32. The van der Waals surface area contributed by atoms with Gasteiger partial charge in [-0.15, -0.1) is 0 Å². The molecular weight excluding hydrogens is 350 g/mol. The first-order valence-corrected chi connectivity index (χ1v) is 5.32. The zero-order valence-electron chi connectivity index (χ0n) is 11.3. The minimum Gasteiger partial charge on any atom is -0.480 e. The molecule has 0 bridgehead atoms. The van der Waals surface area contributed by atoms with Gasteiger partial charge in [-0.05, 0) is 0 Å². The Hall–Kier alpha value is -1.31. The SMILES string of the molecule is N[C@@H](CO)C(=O)O.N[C@@H](CO)C(=O)O.N[C@@H](CO)C(=O)O.[Fe]. The predicted molar refractivity (Wildman–Crippen MR) is 68.1 cm³/mol. The summed E-state index contributed by atoms with van der Waals surface area (Å²) in [7, 11) is 0. The third-order valence-electron chi connectivity index (χ3n) is 1.54. The predicted octanol–water partition coefficient (Wildman–Crippen LogP) is -4.83. The number of nitrogens with two attached hydrogens (primary N) is 3. The molecule has 0 rings (SSSR count). The first-order chi connectivity index (χ1) is 9.54. The molecule has 0 saturated heterocycles. The van der Waals surface area contributed by atoms with Crippen LogP contribution in [0.3, 0.4) is 0 Å². The molecule has 0 spiro atoms. The van der Waals surface area contributed by atoms with E-state index in [1.165, 1.54) is 0 Å². The van der Waals surface area contributed by atoms with Crippen molar-refractivity contribution in [1.82, 2.24) is 0 Å². The molecule has 3 atom stereocenters. The molecular formula is C9H21FeN3O9. The molecule has 0 unspecified atom stereocenters. The Kier molecular flexibility index (Phi) is 23.2. The molecule has 0 aliphatic rings. The monoisotopic (exact) mass is 371 g/mol. The summed E-state index contributed by atoms with van der Waals surface area (Å²) in [5.41, 5.74) is 14.3. The van der Waals surface area contributed by atoms with Crippen molar-refractivity contribution in [2.45, 2.75) is 18.1 Å². The van der Waals surface area contributed by atoms with Gasteiger partial charge in [0, 0.05) is 17.1 Å². The molecule has 0 amide bonds. The summed E-state index contributed by atoms with van der Waals surface area (Å²) in [6.07, 6.45) is 0. The molecule has 0 aromatic rings. The second kappa shape index (κ2) is 17.7. The first kappa shape index (κ1) is 28.8. The molecule has 12 N–H and O–H groups in total. The maximum atomic E-state index is 9.65. The van der Waals surface area contributed by atoms with Gasteiger partial charge in [0.1, 0.15) is 18.1 Å². The van der Waals surface area contributed by atoms with E-state index in [2.05, 4.69) is 0 Å². The Morgan fingerprint density at radius 2 is 0.773 bits per heavy atom. The van der Waals surface area contributed by atoms with Crippen molar-refractivity contribution in [2.24, 2.45) is 17.2 Å². The molecule has 0 fully saturated rings. The van der Waals surface area contributed by atoms with E-state index >= 15 is 0 Å². The largest absolute Gasteiger partial charge is 0.480 e. The Labute approximate surface area is 136 Å². The molecule has 0 saturated carbocycles. The Balaban J connectivity index is -0.000000108. The van der Waals surface area contributed by atoms with Crippen LogP contribution in [0, 0.1) is 0 Å². The molecule has 0 radical (unpaired) electrons. The van der Waals surface area contributed by atoms with Crippen LogP contribution in [-0.2, 0) is 31.5 Å². The maximum Gasteiger partial charge on any atom is 0.322 e. The van der Waals surface area contributed by atoms with Gasteiger partial charge < -0.3 is 47.8 Å². The number of carboxylic acid groups (broad SMARTS) is 3. The van der Waals surface area contributed by atoms with Crippen molar-refractivity contribution in [3.05, 3.63) is 0 Å². The average molecular weight is 371 g/mol. The topological polar surface area (TPSA) is 251 Å². The number of carbonyl (C=O) groups is 3. The van der Waals surface area contributed by atoms with Crippen molar-refractivity contribution in [1.29, 1.82) is 0 Å². The average Bonchev–Trinajstić information content (AvgIpc) is 2.45. The van der Waals surface area contributed by atoms with E-state index in [-0.39, 0.29) is 17.1 Å². The zero-order chi connectivity index (χ0) is 17.6. The van der Waals surface area contributed by atoms with Crippen LogP contribution in [0.15, 0.2) is 0 Å². The fraction of sp³-hybridized carbons (Fsp3) is 0.667. The third kappa shape index (κ3) is 21.0. The van der Waals surface area contributed by atoms with E-state index in [1.54, 1.807) is 0 Å². The quantitative estimate of drug-likeness (QED) is 0.199. The number of rotatable bonds is 6. The van der Waals surface area contributed by atoms with Crippen LogP contribution in [0.25, 0.3) is 0 Å². The van der Waals surface area contributed by atoms with Crippen LogP contribution < -0.4 is 17.2 Å². The molecule has 0 aliphatic heterocycles. The summed E-state index contributed by atoms with van der Waals surface area (Å²) in [6, 6.07) is -3.38. The molecule has 134 valence electrons. The summed E-state index contributed by atoms with van der Waals surface area (Å²) in [5.74, 6) is -3.53. The van der Waals surface area contributed by atoms with Crippen LogP contribution in [0.5, 0.6) is 0 Å². The normalized spacial score (nSPS) is 12.8. The Morgan fingerprint density at radius 1 is 0.636 bits per heavy atom. The summed E-state index contributed by atoms with van der Waals surface area (Å²) in [6.45, 7) is -1.51. The minimum atomic E-state index is -1.18. The van der Waals surface area contributed by atoms with E-state index in [9.17, 15) is 14.4 Å². The molecule has 0 aliphatic carbocycles. The number of hydrogen-bond acceptors (Lipinski definition) is 9. The van der Waals surface area contributed by atoms with E-state index in [0.29, 0.717) is 0 Å². The smallest absolute Gasteiger partial charge is 0.322 e. The number of aliphatic hydroxyl groups excluding tert-OH is 3. The minimum absolute atomic E-state index is 0. The van der Waals surface area contributed by atoms with E-state index < -0.39 is 55.9 Å². The molecule has 22 heavy (non-hydrogen) atoms. The van der Waals surface area contributed by atoms with Crippen LogP contribution in [0.1, 0.15) is 0 Å². The Bertz CT molecular complexity index is 271. The van der Waals surface area contributed by atoms with E-state index in [4.69, 9.17) is 47.8 Å². The molecule has 0 aromatic carbocycles. The summed E-state index contributed by atoms with van der Waals surface area (Å²) in [5, 5.41) is 47.7. The van der Waals surface area contributed by atoms with Crippen LogP contribution in [-0.4, -0.2) is 86.5 Å². The summed E-state index contributed by atoms with van der Waals surface area (Å²) in [4.78, 5) is 28.9. The van der Waals surface area contributed by atoms with E-state index in [0.717, 1.165) is 0 Å². The van der Waals surface area contributed by atoms with Crippen molar-refractivity contribution in [3.8, 4) is 0 Å². The molecule has 0 aromatic heterocycles. The van der Waals surface area contributed by atoms with Gasteiger partial charge in [0.25, 0.3) is 0 Å². The molecule has 13 heteroatoms. The summed E-state index contributed by atoms with van der Waals surface area (Å²) < 4.78 is 0. The van der Waals surface area contributed by atoms with Crippen molar-refractivity contribution < 1.29 is 62.1 Å². The van der Waals surface area contributed by atoms with E-state index in [1.807, 2.05) is 0 Å². The number of carboxylic acids is 3. The molecule has 0 heterocycles. The van der Waals surface area contributed by atoms with Gasteiger partial charge in [0.05, 0.1) is 19.8 Å². The van der Waals surface area contributed by atoms with Gasteiger partial charge in [-0.1, -0.05) is 0 Å². The number of aliphatic hydroxyl groups is 3. The van der Waals surface area contributed by atoms with Gasteiger partial charge in [0.15, 0.2) is 0 Å². The maximum absolute atomic E-state index is 9.65.